The van der Waals surface area contributed by atoms with Crippen LogP contribution in [-0.4, -0.2) is 39.6 Å². The number of carbonyl (C=O) groups excluding carboxylic acids is 2. The monoisotopic (exact) mass is 472 g/mol. The topological polar surface area (TPSA) is 135 Å². The lowest BCUT2D eigenvalue weighted by atomic mass is 10.0. The van der Waals surface area contributed by atoms with E-state index >= 15 is 0 Å². The molecule has 2 amide bonds. The molecule has 184 valence electrons. The van der Waals surface area contributed by atoms with Gasteiger partial charge in [0.15, 0.2) is 0 Å². The smallest absolute Gasteiger partial charge is 0.408 e. The molecular weight excluding hydrogens is 439 g/mol. The Labute approximate surface area is 199 Å². The molecule has 9 nitrogen and oxygen atoms in total. The number of aromatic nitrogens is 2. The van der Waals surface area contributed by atoms with E-state index in [0.29, 0.717) is 11.1 Å². The number of hydrogen-bond donors (Lipinski definition) is 4. The normalized spacial score (nSPS) is 13.1. The van der Waals surface area contributed by atoms with Crippen molar-refractivity contribution in [3.05, 3.63) is 65.6 Å². The maximum absolute atomic E-state index is 14.2. The molecule has 5 N–H and O–H groups in total. The van der Waals surface area contributed by atoms with Crippen LogP contribution < -0.4 is 16.4 Å². The van der Waals surface area contributed by atoms with Crippen LogP contribution in [0.5, 0.6) is 0 Å². The number of amides is 2. The Balaban J connectivity index is 2.06. The quantitative estimate of drug-likeness (QED) is 0.373. The molecule has 0 radical (unpaired) electrons. The van der Waals surface area contributed by atoms with E-state index in [1.807, 2.05) is 30.3 Å². The van der Waals surface area contributed by atoms with Gasteiger partial charge < -0.3 is 26.5 Å². The van der Waals surface area contributed by atoms with Gasteiger partial charge in [0, 0.05) is 24.4 Å². The molecule has 10 heteroatoms. The van der Waals surface area contributed by atoms with Crippen molar-refractivity contribution in [1.82, 2.24) is 20.4 Å². The van der Waals surface area contributed by atoms with Gasteiger partial charge in [0.25, 0.3) is 0 Å². The summed E-state index contributed by atoms with van der Waals surface area (Å²) >= 11 is 0. The first kappa shape index (κ1) is 26.6. The fraction of sp³-hybridized carbons (Fsp3) is 0.417. The molecule has 0 spiro atoms. The minimum Gasteiger partial charge on any atom is -0.445 e. The molecule has 0 bridgehead atoms. The van der Waals surface area contributed by atoms with Gasteiger partial charge in [-0.3, -0.25) is 9.48 Å². The molecule has 0 saturated heterocycles. The Morgan fingerprint density at radius 2 is 1.94 bits per heavy atom. The van der Waals surface area contributed by atoms with Crippen molar-refractivity contribution in [2.75, 3.05) is 0 Å². The summed E-state index contributed by atoms with van der Waals surface area (Å²) < 4.78 is 20.9. The first-order valence-electron chi connectivity index (χ1n) is 10.9. The van der Waals surface area contributed by atoms with Crippen molar-refractivity contribution in [2.45, 2.75) is 64.5 Å². The number of nitrogens with one attached hydrogen (secondary N) is 3. The van der Waals surface area contributed by atoms with Gasteiger partial charge in [-0.1, -0.05) is 30.3 Å². The highest BCUT2D eigenvalue weighted by molar-refractivity contribution is 5.88. The molecule has 1 heterocycles. The number of rotatable bonds is 11. The Morgan fingerprint density at radius 1 is 1.26 bits per heavy atom. The van der Waals surface area contributed by atoms with Crippen molar-refractivity contribution >= 4 is 18.2 Å². The number of alkyl carbamates (subject to hydrolysis) is 1. The van der Waals surface area contributed by atoms with E-state index in [1.54, 1.807) is 24.7 Å². The highest BCUT2D eigenvalue weighted by Gasteiger charge is 2.29. The summed E-state index contributed by atoms with van der Waals surface area (Å²) in [7, 11) is 0. The van der Waals surface area contributed by atoms with Crippen LogP contribution in [0.1, 0.15) is 45.2 Å². The van der Waals surface area contributed by atoms with Gasteiger partial charge in [0.05, 0.1) is 18.3 Å². The lowest BCUT2D eigenvalue weighted by molar-refractivity contribution is -0.124. The van der Waals surface area contributed by atoms with Gasteiger partial charge in [0.1, 0.15) is 18.3 Å². The standard InChI is InChI=1S/C24H33FN6O3/c1-23(2,16-31-14-19(13-28-31)24(3,4)25)30-21(32)20(10-18(11-26)12-27)29-22(33)34-15-17-8-6-5-7-9-17/h5-9,11-14,20,26H,10,15-16,27H2,1-4H3,(H,29,33)(H,30,32)/b18-12-,26-11?/t20-/m1/s1. The van der Waals surface area contributed by atoms with E-state index in [4.69, 9.17) is 15.9 Å². The minimum atomic E-state index is -1.53. The van der Waals surface area contributed by atoms with Gasteiger partial charge in [-0.15, -0.1) is 0 Å². The number of alkyl halides is 1. The summed E-state index contributed by atoms with van der Waals surface area (Å²) in [6.45, 7) is 6.77. The van der Waals surface area contributed by atoms with Crippen LogP contribution in [0.2, 0.25) is 0 Å². The third-order valence-corrected chi connectivity index (χ3v) is 5.00. The molecule has 1 atom stereocenters. The number of ether oxygens (including phenoxy) is 1. The molecular formula is C24H33FN6O3. The SMILES string of the molecule is CC(C)(Cn1cc(C(C)(C)F)cn1)NC(=O)[C@@H](C/C(C=N)=C/N)NC(=O)OCc1ccccc1. The van der Waals surface area contributed by atoms with Crippen LogP contribution in [0.4, 0.5) is 9.18 Å². The Kier molecular flexibility index (Phi) is 8.94. The van der Waals surface area contributed by atoms with E-state index in [1.165, 1.54) is 26.2 Å². The van der Waals surface area contributed by atoms with Gasteiger partial charge in [-0.05, 0) is 45.0 Å². The zero-order valence-electron chi connectivity index (χ0n) is 20.0. The van der Waals surface area contributed by atoms with Crippen LogP contribution in [0.25, 0.3) is 0 Å². The first-order valence-corrected chi connectivity index (χ1v) is 10.9. The van der Waals surface area contributed by atoms with Gasteiger partial charge in [-0.25, -0.2) is 9.18 Å². The van der Waals surface area contributed by atoms with Crippen LogP contribution in [0.15, 0.2) is 54.5 Å². The van der Waals surface area contributed by atoms with Gasteiger partial charge >= 0.3 is 6.09 Å². The molecule has 0 fully saturated rings. The summed E-state index contributed by atoms with van der Waals surface area (Å²) in [6.07, 6.45) is 4.50. The Hall–Kier alpha value is -3.69. The maximum Gasteiger partial charge on any atom is 0.408 e. The molecule has 0 aliphatic carbocycles. The second kappa shape index (κ2) is 11.4. The number of hydrogen-bond acceptors (Lipinski definition) is 6. The zero-order chi connectivity index (χ0) is 25.4. The largest absolute Gasteiger partial charge is 0.445 e. The number of nitrogens with zero attached hydrogens (tertiary/aromatic N) is 2. The van der Waals surface area contributed by atoms with Crippen LogP contribution in [0.3, 0.4) is 0 Å². The van der Waals surface area contributed by atoms with Crippen molar-refractivity contribution in [3.8, 4) is 0 Å². The number of benzene rings is 1. The summed E-state index contributed by atoms with van der Waals surface area (Å²) in [5, 5.41) is 17.1. The van der Waals surface area contributed by atoms with E-state index in [0.717, 1.165) is 11.8 Å². The fourth-order valence-corrected chi connectivity index (χ4v) is 3.15. The molecule has 0 aliphatic heterocycles. The predicted octanol–water partition coefficient (Wildman–Crippen LogP) is 3.16. The van der Waals surface area contributed by atoms with E-state index in [2.05, 4.69) is 15.7 Å². The average Bonchev–Trinajstić information content (AvgIpc) is 3.23. The van der Waals surface area contributed by atoms with Gasteiger partial charge in [-0.2, -0.15) is 5.10 Å². The van der Waals surface area contributed by atoms with E-state index in [9.17, 15) is 14.0 Å². The summed E-state index contributed by atoms with van der Waals surface area (Å²) in [5.74, 6) is -0.485. The van der Waals surface area contributed by atoms with Crippen LogP contribution in [0, 0.1) is 5.41 Å². The summed E-state index contributed by atoms with van der Waals surface area (Å²) in [4.78, 5) is 25.4. The fourth-order valence-electron chi connectivity index (χ4n) is 3.15. The molecule has 1 aromatic heterocycles. The average molecular weight is 473 g/mol. The zero-order valence-corrected chi connectivity index (χ0v) is 20.0. The minimum absolute atomic E-state index is 0.00427. The van der Waals surface area contributed by atoms with Crippen LogP contribution in [-0.2, 0) is 28.4 Å². The number of carbonyl (C=O) groups is 2. The predicted molar refractivity (Wildman–Crippen MR) is 128 cm³/mol. The molecule has 34 heavy (non-hydrogen) atoms. The van der Waals surface area contributed by atoms with Crippen LogP contribution >= 0.6 is 0 Å². The molecule has 1 aromatic carbocycles. The maximum atomic E-state index is 14.2. The van der Waals surface area contributed by atoms with E-state index < -0.39 is 29.2 Å². The number of nitrogens with two attached hydrogens (primary N) is 1. The first-order chi connectivity index (χ1) is 15.9. The van der Waals surface area contributed by atoms with Crippen molar-refractivity contribution in [3.63, 3.8) is 0 Å². The third kappa shape index (κ3) is 8.34. The van der Waals surface area contributed by atoms with E-state index in [-0.39, 0.29) is 19.6 Å². The highest BCUT2D eigenvalue weighted by atomic mass is 19.1. The Morgan fingerprint density at radius 3 is 2.50 bits per heavy atom. The van der Waals surface area contributed by atoms with Crippen molar-refractivity contribution in [2.24, 2.45) is 5.73 Å². The summed E-state index contributed by atoms with van der Waals surface area (Å²) in [6, 6.07) is 8.11. The molecule has 0 saturated carbocycles. The van der Waals surface area contributed by atoms with Crippen molar-refractivity contribution < 1.29 is 18.7 Å². The summed E-state index contributed by atoms with van der Waals surface area (Å²) in [5.41, 5.74) is 4.81. The second-order valence-corrected chi connectivity index (χ2v) is 9.12. The Bertz CT molecular complexity index is 1010. The third-order valence-electron chi connectivity index (χ3n) is 5.00. The molecule has 0 aliphatic rings. The van der Waals surface area contributed by atoms with Crippen molar-refractivity contribution in [1.29, 1.82) is 5.41 Å². The molecule has 0 unspecified atom stereocenters. The molecule has 2 rings (SSSR count). The lowest BCUT2D eigenvalue weighted by Crippen LogP contribution is -2.54. The highest BCUT2D eigenvalue weighted by Crippen LogP contribution is 2.24. The lowest BCUT2D eigenvalue weighted by Gasteiger charge is -2.29. The number of halogens is 1. The molecule has 2 aromatic rings. The second-order valence-electron chi connectivity index (χ2n) is 9.12. The van der Waals surface area contributed by atoms with Gasteiger partial charge in [0.2, 0.25) is 5.91 Å².